The maximum Gasteiger partial charge on any atom is 0.308 e. The first kappa shape index (κ1) is 21.1. The lowest BCUT2D eigenvalue weighted by atomic mass is 10.0. The monoisotopic (exact) mass is 386 g/mol. The smallest absolute Gasteiger partial charge is 0.308 e. The van der Waals surface area contributed by atoms with Crippen molar-refractivity contribution in [1.29, 1.82) is 0 Å². The second kappa shape index (κ2) is 10.2. The van der Waals surface area contributed by atoms with Crippen molar-refractivity contribution >= 4 is 11.8 Å². The quantitative estimate of drug-likeness (QED) is 0.404. The molecule has 0 fully saturated rings. The lowest BCUT2D eigenvalue weighted by Crippen LogP contribution is -2.18. The Hall–Kier alpha value is -3.22. The zero-order valence-electron chi connectivity index (χ0n) is 16.6. The molecule has 28 heavy (non-hydrogen) atoms. The van der Waals surface area contributed by atoms with Crippen LogP contribution < -0.4 is 19.9 Å². The van der Waals surface area contributed by atoms with Crippen molar-refractivity contribution in [2.24, 2.45) is 10.7 Å². The summed E-state index contributed by atoms with van der Waals surface area (Å²) in [5.41, 5.74) is 7.73. The minimum Gasteiger partial charge on any atom is -0.493 e. The highest BCUT2D eigenvalue weighted by atomic mass is 16.5. The summed E-state index contributed by atoms with van der Waals surface area (Å²) in [6.45, 7) is 2.08. The number of ether oxygens (including phenoxy) is 4. The number of rotatable bonds is 9. The van der Waals surface area contributed by atoms with Gasteiger partial charge in [-0.1, -0.05) is 30.3 Å². The van der Waals surface area contributed by atoms with Gasteiger partial charge in [-0.05, 0) is 24.6 Å². The first-order chi connectivity index (χ1) is 13.5. The number of hydrogen-bond donors (Lipinski definition) is 1. The zero-order valence-corrected chi connectivity index (χ0v) is 16.6. The molecule has 2 aromatic rings. The molecule has 0 saturated carbocycles. The van der Waals surface area contributed by atoms with E-state index >= 15 is 0 Å². The van der Waals surface area contributed by atoms with Crippen molar-refractivity contribution < 1.29 is 23.7 Å². The fourth-order valence-electron chi connectivity index (χ4n) is 2.76. The fraction of sp³-hybridized carbons (Fsp3) is 0.333. The highest BCUT2D eigenvalue weighted by Crippen LogP contribution is 2.38. The van der Waals surface area contributed by atoms with Crippen molar-refractivity contribution in [3.63, 3.8) is 0 Å². The minimum absolute atomic E-state index is 0.0863. The van der Waals surface area contributed by atoms with Gasteiger partial charge in [-0.2, -0.15) is 0 Å². The van der Waals surface area contributed by atoms with Crippen molar-refractivity contribution in [2.45, 2.75) is 19.4 Å². The summed E-state index contributed by atoms with van der Waals surface area (Å²) in [5, 5.41) is 0. The van der Waals surface area contributed by atoms with E-state index in [1.807, 2.05) is 30.3 Å². The van der Waals surface area contributed by atoms with Crippen molar-refractivity contribution in [2.75, 3.05) is 27.9 Å². The largest absolute Gasteiger partial charge is 0.493 e. The number of esters is 1. The van der Waals surface area contributed by atoms with E-state index in [2.05, 4.69) is 4.99 Å². The number of hydrogen-bond acceptors (Lipinski definition) is 6. The molecule has 2 rings (SSSR count). The van der Waals surface area contributed by atoms with Gasteiger partial charge in [0.25, 0.3) is 0 Å². The number of carbonyl (C=O) groups excluding carboxylic acids is 1. The van der Waals surface area contributed by atoms with E-state index in [0.29, 0.717) is 29.4 Å². The van der Waals surface area contributed by atoms with E-state index in [4.69, 9.17) is 24.7 Å². The topological polar surface area (TPSA) is 92.4 Å². The maximum atomic E-state index is 12.0. The summed E-state index contributed by atoms with van der Waals surface area (Å²) in [4.78, 5) is 16.6. The summed E-state index contributed by atoms with van der Waals surface area (Å²) in [7, 11) is 4.59. The van der Waals surface area contributed by atoms with E-state index in [0.717, 1.165) is 5.56 Å². The molecule has 2 N–H and O–H groups in total. The van der Waals surface area contributed by atoms with Crippen LogP contribution in [0.25, 0.3) is 0 Å². The summed E-state index contributed by atoms with van der Waals surface area (Å²) < 4.78 is 21.1. The van der Waals surface area contributed by atoms with Gasteiger partial charge in [0.2, 0.25) is 5.75 Å². The van der Waals surface area contributed by atoms with Crippen LogP contribution in [-0.2, 0) is 9.53 Å². The first-order valence-corrected chi connectivity index (χ1v) is 8.88. The van der Waals surface area contributed by atoms with Crippen molar-refractivity contribution in [3.05, 3.63) is 53.6 Å². The molecule has 7 nitrogen and oxygen atoms in total. The second-order valence-electron chi connectivity index (χ2n) is 5.86. The van der Waals surface area contributed by atoms with Crippen LogP contribution in [0.1, 0.15) is 30.5 Å². The van der Waals surface area contributed by atoms with Gasteiger partial charge >= 0.3 is 5.97 Å². The maximum absolute atomic E-state index is 12.0. The summed E-state index contributed by atoms with van der Waals surface area (Å²) >= 11 is 0. The number of nitrogens with zero attached hydrogens (tertiary/aromatic N) is 1. The van der Waals surface area contributed by atoms with Gasteiger partial charge in [-0.3, -0.25) is 9.79 Å². The molecule has 0 aliphatic heterocycles. The van der Waals surface area contributed by atoms with Gasteiger partial charge in [0.05, 0.1) is 40.4 Å². The second-order valence-corrected chi connectivity index (χ2v) is 5.86. The standard InChI is InChI=1S/C21H26N2O5/c1-5-28-19(24)13-16(14-9-7-6-8-10-14)23-21(22)15-11-17(25-2)20(27-4)18(12-15)26-3/h6-12,16H,5,13H2,1-4H3,(H2,22,23). The van der Waals surface area contributed by atoms with Crippen molar-refractivity contribution in [1.82, 2.24) is 0 Å². The van der Waals surface area contributed by atoms with E-state index in [9.17, 15) is 4.79 Å². The van der Waals surface area contributed by atoms with Crippen LogP contribution in [0.5, 0.6) is 17.2 Å². The predicted molar refractivity (Wildman–Crippen MR) is 107 cm³/mol. The van der Waals surface area contributed by atoms with Crippen LogP contribution >= 0.6 is 0 Å². The number of aliphatic imine (C=N–C) groups is 1. The third-order valence-electron chi connectivity index (χ3n) is 4.11. The van der Waals surface area contributed by atoms with Crippen molar-refractivity contribution in [3.8, 4) is 17.2 Å². The third-order valence-corrected chi connectivity index (χ3v) is 4.11. The lowest BCUT2D eigenvalue weighted by molar-refractivity contribution is -0.143. The van der Waals surface area contributed by atoms with Crippen LogP contribution in [0.3, 0.4) is 0 Å². The van der Waals surface area contributed by atoms with Crippen LogP contribution in [0.4, 0.5) is 0 Å². The molecule has 1 unspecified atom stereocenters. The molecule has 0 radical (unpaired) electrons. The Balaban J connectivity index is 2.44. The molecular formula is C21H26N2O5. The SMILES string of the molecule is CCOC(=O)CC(N=C(N)c1cc(OC)c(OC)c(OC)c1)c1ccccc1. The van der Waals surface area contributed by atoms with Gasteiger partial charge < -0.3 is 24.7 Å². The molecule has 7 heteroatoms. The van der Waals surface area contributed by atoms with E-state index in [1.165, 1.54) is 21.3 Å². The Labute approximate surface area is 165 Å². The molecule has 1 atom stereocenters. The molecule has 0 aliphatic carbocycles. The molecule has 0 heterocycles. The minimum atomic E-state index is -0.473. The van der Waals surface area contributed by atoms with E-state index in [1.54, 1.807) is 19.1 Å². The molecule has 0 aromatic heterocycles. The van der Waals surface area contributed by atoms with Gasteiger partial charge in [0, 0.05) is 5.56 Å². The molecule has 0 saturated heterocycles. The van der Waals surface area contributed by atoms with Crippen LogP contribution in [-0.4, -0.2) is 39.7 Å². The highest BCUT2D eigenvalue weighted by Gasteiger charge is 2.19. The van der Waals surface area contributed by atoms with Gasteiger partial charge in [0.15, 0.2) is 11.5 Å². The third kappa shape index (κ3) is 5.16. The first-order valence-electron chi connectivity index (χ1n) is 8.88. The molecule has 0 amide bonds. The molecule has 2 aromatic carbocycles. The Morgan fingerprint density at radius 2 is 1.64 bits per heavy atom. The molecule has 150 valence electrons. The number of amidine groups is 1. The zero-order chi connectivity index (χ0) is 20.5. The summed E-state index contributed by atoms with van der Waals surface area (Å²) in [5.74, 6) is 1.32. The number of nitrogens with two attached hydrogens (primary N) is 1. The van der Waals surface area contributed by atoms with Gasteiger partial charge in [-0.25, -0.2) is 0 Å². The summed E-state index contributed by atoms with van der Waals surface area (Å²) in [6, 6.07) is 12.4. The Kier molecular flexibility index (Phi) is 7.68. The number of carbonyl (C=O) groups is 1. The Morgan fingerprint density at radius 1 is 1.04 bits per heavy atom. The number of benzene rings is 2. The average molecular weight is 386 g/mol. The van der Waals surface area contributed by atoms with Crippen LogP contribution in [0.2, 0.25) is 0 Å². The molecule has 0 spiro atoms. The van der Waals surface area contributed by atoms with Gasteiger partial charge in [-0.15, -0.1) is 0 Å². The van der Waals surface area contributed by atoms with Gasteiger partial charge in [0.1, 0.15) is 5.84 Å². The average Bonchev–Trinajstić information content (AvgIpc) is 2.72. The lowest BCUT2D eigenvalue weighted by Gasteiger charge is -2.16. The Bertz CT molecular complexity index is 796. The van der Waals surface area contributed by atoms with Crippen LogP contribution in [0, 0.1) is 0 Å². The Morgan fingerprint density at radius 3 is 2.14 bits per heavy atom. The molecule has 0 aliphatic rings. The van der Waals surface area contributed by atoms with Crippen LogP contribution in [0.15, 0.2) is 47.5 Å². The normalized spacial score (nSPS) is 12.2. The number of methoxy groups -OCH3 is 3. The molecular weight excluding hydrogens is 360 g/mol. The predicted octanol–water partition coefficient (Wildman–Crippen LogP) is 3.11. The van der Waals surface area contributed by atoms with E-state index < -0.39 is 6.04 Å². The fourth-order valence-corrected chi connectivity index (χ4v) is 2.76. The van der Waals surface area contributed by atoms with E-state index in [-0.39, 0.29) is 18.2 Å². The molecule has 0 bridgehead atoms. The highest BCUT2D eigenvalue weighted by molar-refractivity contribution is 5.99. The summed E-state index contributed by atoms with van der Waals surface area (Å²) in [6.07, 6.45) is 0.0863.